The molecule has 0 atom stereocenters. The zero-order valence-corrected chi connectivity index (χ0v) is 17.5. The molecule has 0 spiro atoms. The van der Waals surface area contributed by atoms with Crippen LogP contribution in [0, 0.1) is 6.92 Å². The molecule has 2 rings (SSSR count). The van der Waals surface area contributed by atoms with Crippen LogP contribution in [0.5, 0.6) is 0 Å². The van der Waals surface area contributed by atoms with E-state index in [0.717, 1.165) is 24.3 Å². The smallest absolute Gasteiger partial charge is 0.226 e. The average Bonchev–Trinajstić information content (AvgIpc) is 3.14. The Morgan fingerprint density at radius 2 is 1.37 bits per heavy atom. The molecule has 1 heterocycles. The number of hydrogen-bond acceptors (Lipinski definition) is 3. The molecule has 0 aliphatic rings. The predicted octanol–water partition coefficient (Wildman–Crippen LogP) is 7.68. The number of nitrogens with zero attached hydrogens (tertiary/aromatic N) is 2. The van der Waals surface area contributed by atoms with Crippen molar-refractivity contribution in [2.45, 2.75) is 104 Å². The normalized spacial score (nSPS) is 11.2. The summed E-state index contributed by atoms with van der Waals surface area (Å²) in [4.78, 5) is 4.54. The topological polar surface area (TPSA) is 38.9 Å². The molecule has 3 heteroatoms. The van der Waals surface area contributed by atoms with Gasteiger partial charge in [0.2, 0.25) is 11.7 Å². The van der Waals surface area contributed by atoms with Crippen LogP contribution < -0.4 is 0 Å². The van der Waals surface area contributed by atoms with Gasteiger partial charge < -0.3 is 4.52 Å². The fourth-order valence-corrected chi connectivity index (χ4v) is 3.55. The molecule has 1 aromatic heterocycles. The van der Waals surface area contributed by atoms with Crippen LogP contribution in [0.25, 0.3) is 11.4 Å². The van der Waals surface area contributed by atoms with E-state index in [0.29, 0.717) is 5.82 Å². The van der Waals surface area contributed by atoms with Crippen LogP contribution in [-0.4, -0.2) is 10.1 Å². The van der Waals surface area contributed by atoms with E-state index in [1.54, 1.807) is 0 Å². The van der Waals surface area contributed by atoms with Crippen molar-refractivity contribution in [3.63, 3.8) is 0 Å². The predicted molar refractivity (Wildman–Crippen MR) is 114 cm³/mol. The number of aryl methyl sites for hydroxylation is 2. The van der Waals surface area contributed by atoms with E-state index < -0.39 is 0 Å². The van der Waals surface area contributed by atoms with Gasteiger partial charge in [0.15, 0.2) is 0 Å². The van der Waals surface area contributed by atoms with Crippen molar-refractivity contribution in [2.24, 2.45) is 0 Å². The third kappa shape index (κ3) is 9.21. The minimum absolute atomic E-state index is 0.711. The number of hydrogen-bond donors (Lipinski definition) is 0. The lowest BCUT2D eigenvalue weighted by molar-refractivity contribution is 0.373. The number of unbranched alkanes of at least 4 members (excludes halogenated alkanes) is 12. The molecule has 0 bridgehead atoms. The molecule has 3 nitrogen and oxygen atoms in total. The van der Waals surface area contributed by atoms with Crippen molar-refractivity contribution in [3.8, 4) is 11.4 Å². The number of rotatable bonds is 15. The molecule has 0 aliphatic heterocycles. The lowest BCUT2D eigenvalue weighted by atomic mass is 10.0. The molecular formula is C24H38N2O. The summed E-state index contributed by atoms with van der Waals surface area (Å²) >= 11 is 0. The van der Waals surface area contributed by atoms with Crippen LogP contribution in [0.4, 0.5) is 0 Å². The van der Waals surface area contributed by atoms with Gasteiger partial charge >= 0.3 is 0 Å². The summed E-state index contributed by atoms with van der Waals surface area (Å²) in [5, 5.41) is 4.12. The highest BCUT2D eigenvalue weighted by molar-refractivity contribution is 5.55. The van der Waals surface area contributed by atoms with Crippen molar-refractivity contribution in [3.05, 3.63) is 35.7 Å². The fraction of sp³-hybridized carbons (Fsp3) is 0.667. The van der Waals surface area contributed by atoms with Gasteiger partial charge in [-0.15, -0.1) is 0 Å². The van der Waals surface area contributed by atoms with Crippen LogP contribution in [0.3, 0.4) is 0 Å². The molecule has 0 saturated heterocycles. The van der Waals surface area contributed by atoms with Crippen molar-refractivity contribution < 1.29 is 4.52 Å². The fourth-order valence-electron chi connectivity index (χ4n) is 3.55. The second-order valence-corrected chi connectivity index (χ2v) is 7.87. The zero-order chi connectivity index (χ0) is 19.2. The Hall–Kier alpha value is -1.64. The van der Waals surface area contributed by atoms with Crippen LogP contribution in [0.15, 0.2) is 28.8 Å². The Balaban J connectivity index is 1.46. The summed E-state index contributed by atoms with van der Waals surface area (Å²) < 4.78 is 5.40. The highest BCUT2D eigenvalue weighted by atomic mass is 16.5. The summed E-state index contributed by atoms with van der Waals surface area (Å²) in [5.41, 5.74) is 2.26. The van der Waals surface area contributed by atoms with E-state index in [-0.39, 0.29) is 0 Å². The molecule has 0 amide bonds. The van der Waals surface area contributed by atoms with E-state index in [9.17, 15) is 0 Å². The van der Waals surface area contributed by atoms with E-state index in [1.807, 2.05) is 12.1 Å². The molecule has 0 unspecified atom stereocenters. The van der Waals surface area contributed by atoms with E-state index in [4.69, 9.17) is 4.52 Å². The first kappa shape index (κ1) is 21.7. The monoisotopic (exact) mass is 370 g/mol. The van der Waals surface area contributed by atoms with E-state index >= 15 is 0 Å². The van der Waals surface area contributed by atoms with E-state index in [1.165, 1.54) is 82.6 Å². The van der Waals surface area contributed by atoms with Crippen LogP contribution in [0.2, 0.25) is 0 Å². The third-order valence-corrected chi connectivity index (χ3v) is 5.24. The standard InChI is InChI=1S/C24H38N2O/c1-3-4-5-6-7-8-9-10-11-12-13-14-15-19-23-25-24(26-27-23)22-18-16-17-21(2)20-22/h16-18,20H,3-15,19H2,1-2H3. The van der Waals surface area contributed by atoms with Crippen molar-refractivity contribution in [2.75, 3.05) is 0 Å². The molecule has 0 radical (unpaired) electrons. The van der Waals surface area contributed by atoms with Crippen LogP contribution in [0.1, 0.15) is 102 Å². The Morgan fingerprint density at radius 3 is 1.96 bits per heavy atom. The molecule has 0 aliphatic carbocycles. The molecule has 27 heavy (non-hydrogen) atoms. The molecule has 0 saturated carbocycles. The molecular weight excluding hydrogens is 332 g/mol. The first-order valence-corrected chi connectivity index (χ1v) is 11.2. The van der Waals surface area contributed by atoms with Gasteiger partial charge in [0.05, 0.1) is 0 Å². The Morgan fingerprint density at radius 1 is 0.778 bits per heavy atom. The Labute approximate surface area is 166 Å². The molecule has 0 N–H and O–H groups in total. The van der Waals surface area contributed by atoms with Gasteiger partial charge in [-0.2, -0.15) is 4.98 Å². The average molecular weight is 371 g/mol. The summed E-state index contributed by atoms with van der Waals surface area (Å²) in [6.45, 7) is 4.36. The van der Waals surface area contributed by atoms with Gasteiger partial charge in [0.25, 0.3) is 0 Å². The largest absolute Gasteiger partial charge is 0.339 e. The minimum Gasteiger partial charge on any atom is -0.339 e. The highest BCUT2D eigenvalue weighted by Gasteiger charge is 2.08. The van der Waals surface area contributed by atoms with Gasteiger partial charge in [-0.1, -0.05) is 113 Å². The highest BCUT2D eigenvalue weighted by Crippen LogP contribution is 2.18. The summed E-state index contributed by atoms with van der Waals surface area (Å²) in [5.74, 6) is 1.48. The van der Waals surface area contributed by atoms with Gasteiger partial charge in [0.1, 0.15) is 0 Å². The zero-order valence-electron chi connectivity index (χ0n) is 17.5. The van der Waals surface area contributed by atoms with Gasteiger partial charge in [-0.05, 0) is 19.4 Å². The first-order valence-electron chi connectivity index (χ1n) is 11.2. The molecule has 0 fully saturated rings. The van der Waals surface area contributed by atoms with Crippen molar-refractivity contribution in [1.29, 1.82) is 0 Å². The summed E-state index contributed by atoms with van der Waals surface area (Å²) in [6.07, 6.45) is 18.8. The lowest BCUT2D eigenvalue weighted by Crippen LogP contribution is -1.88. The quantitative estimate of drug-likeness (QED) is 0.302. The van der Waals surface area contributed by atoms with Crippen molar-refractivity contribution in [1.82, 2.24) is 10.1 Å². The third-order valence-electron chi connectivity index (χ3n) is 5.24. The second-order valence-electron chi connectivity index (χ2n) is 7.87. The second kappa shape index (κ2) is 13.5. The summed E-state index contributed by atoms with van der Waals surface area (Å²) in [7, 11) is 0. The molecule has 1 aromatic carbocycles. The first-order chi connectivity index (χ1) is 13.3. The lowest BCUT2D eigenvalue weighted by Gasteiger charge is -2.02. The maximum absolute atomic E-state index is 5.40. The Kier molecular flexibility index (Phi) is 10.8. The maximum atomic E-state index is 5.40. The SMILES string of the molecule is CCCCCCCCCCCCCCCc1nc(-c2cccc(C)c2)no1. The molecule has 150 valence electrons. The van der Waals surface area contributed by atoms with Crippen LogP contribution >= 0.6 is 0 Å². The van der Waals surface area contributed by atoms with Gasteiger partial charge in [0, 0.05) is 12.0 Å². The molecule has 2 aromatic rings. The maximum Gasteiger partial charge on any atom is 0.226 e. The Bertz CT molecular complexity index is 620. The van der Waals surface area contributed by atoms with Gasteiger partial charge in [-0.25, -0.2) is 0 Å². The minimum atomic E-state index is 0.711. The van der Waals surface area contributed by atoms with E-state index in [2.05, 4.69) is 36.1 Å². The number of aromatic nitrogens is 2. The number of benzene rings is 1. The van der Waals surface area contributed by atoms with Gasteiger partial charge in [-0.3, -0.25) is 0 Å². The van der Waals surface area contributed by atoms with Crippen molar-refractivity contribution >= 4 is 0 Å². The summed E-state index contributed by atoms with van der Waals surface area (Å²) in [6, 6.07) is 8.25. The van der Waals surface area contributed by atoms with Crippen LogP contribution in [-0.2, 0) is 6.42 Å².